The van der Waals surface area contributed by atoms with Gasteiger partial charge in [-0.05, 0) is 32.1 Å². The van der Waals surface area contributed by atoms with Crippen LogP contribution in [0.2, 0.25) is 0 Å². The van der Waals surface area contributed by atoms with Gasteiger partial charge < -0.3 is 5.11 Å². The lowest BCUT2D eigenvalue weighted by Crippen LogP contribution is -2.48. The fourth-order valence-corrected chi connectivity index (χ4v) is 1.89. The minimum Gasteiger partial charge on any atom is -0.480 e. The third kappa shape index (κ3) is 1.25. The van der Waals surface area contributed by atoms with E-state index >= 15 is 0 Å². The highest BCUT2D eigenvalue weighted by Crippen LogP contribution is 2.43. The Kier molecular flexibility index (Phi) is 1.42. The molecule has 1 saturated heterocycles. The standard InChI is InChI=1S/C8H13NO2/c10-7(11)6-2-1-3-8(9-6)4-5-8/h6,9H,1-5H2,(H,10,11). The van der Waals surface area contributed by atoms with E-state index in [0.717, 1.165) is 12.8 Å². The van der Waals surface area contributed by atoms with Crippen LogP contribution in [0.5, 0.6) is 0 Å². The summed E-state index contributed by atoms with van der Waals surface area (Å²) in [5.74, 6) is -0.684. The second-order valence-electron chi connectivity index (χ2n) is 3.71. The molecule has 1 unspecified atom stereocenters. The molecule has 1 aliphatic carbocycles. The molecular formula is C8H13NO2. The van der Waals surface area contributed by atoms with Crippen molar-refractivity contribution in [3.05, 3.63) is 0 Å². The molecule has 1 saturated carbocycles. The average molecular weight is 155 g/mol. The molecule has 0 aromatic carbocycles. The van der Waals surface area contributed by atoms with Crippen LogP contribution in [0, 0.1) is 0 Å². The number of rotatable bonds is 1. The monoisotopic (exact) mass is 155 g/mol. The molecule has 0 aromatic heterocycles. The van der Waals surface area contributed by atoms with Gasteiger partial charge in [0.2, 0.25) is 0 Å². The Morgan fingerprint density at radius 1 is 1.45 bits per heavy atom. The minimum atomic E-state index is -0.684. The van der Waals surface area contributed by atoms with Crippen molar-refractivity contribution < 1.29 is 9.90 Å². The molecule has 1 aliphatic heterocycles. The van der Waals surface area contributed by atoms with Crippen LogP contribution >= 0.6 is 0 Å². The van der Waals surface area contributed by atoms with Crippen molar-refractivity contribution >= 4 is 5.97 Å². The summed E-state index contributed by atoms with van der Waals surface area (Å²) < 4.78 is 0. The Balaban J connectivity index is 1.98. The van der Waals surface area contributed by atoms with Crippen LogP contribution in [0.3, 0.4) is 0 Å². The highest BCUT2D eigenvalue weighted by molar-refractivity contribution is 5.73. The topological polar surface area (TPSA) is 49.3 Å². The molecule has 0 radical (unpaired) electrons. The van der Waals surface area contributed by atoms with Gasteiger partial charge in [-0.25, -0.2) is 0 Å². The lowest BCUT2D eigenvalue weighted by atomic mass is 9.97. The Bertz CT molecular complexity index is 187. The first-order valence-corrected chi connectivity index (χ1v) is 4.22. The van der Waals surface area contributed by atoms with Crippen LogP contribution in [0.15, 0.2) is 0 Å². The van der Waals surface area contributed by atoms with E-state index in [1.165, 1.54) is 19.3 Å². The molecule has 1 heterocycles. The number of nitrogens with one attached hydrogen (secondary N) is 1. The quantitative estimate of drug-likeness (QED) is 0.587. The zero-order valence-corrected chi connectivity index (χ0v) is 6.47. The first-order chi connectivity index (χ1) is 5.22. The molecule has 1 atom stereocenters. The zero-order valence-electron chi connectivity index (χ0n) is 6.47. The van der Waals surface area contributed by atoms with Crippen LogP contribution in [-0.2, 0) is 4.79 Å². The molecular weight excluding hydrogens is 142 g/mol. The number of aliphatic carboxylic acids is 1. The van der Waals surface area contributed by atoms with Gasteiger partial charge in [-0.3, -0.25) is 10.1 Å². The summed E-state index contributed by atoms with van der Waals surface area (Å²) >= 11 is 0. The summed E-state index contributed by atoms with van der Waals surface area (Å²) in [7, 11) is 0. The summed E-state index contributed by atoms with van der Waals surface area (Å²) in [5, 5.41) is 11.9. The smallest absolute Gasteiger partial charge is 0.320 e. The minimum absolute atomic E-state index is 0.251. The van der Waals surface area contributed by atoms with Gasteiger partial charge in [0.05, 0.1) is 0 Å². The molecule has 0 amide bonds. The fourth-order valence-electron chi connectivity index (χ4n) is 1.89. The number of hydrogen-bond donors (Lipinski definition) is 2. The number of carboxylic acids is 1. The molecule has 3 nitrogen and oxygen atoms in total. The predicted octanol–water partition coefficient (Wildman–Crippen LogP) is 0.746. The largest absolute Gasteiger partial charge is 0.480 e. The lowest BCUT2D eigenvalue weighted by Gasteiger charge is -2.28. The van der Waals surface area contributed by atoms with Gasteiger partial charge in [-0.1, -0.05) is 0 Å². The normalized spacial score (nSPS) is 33.6. The predicted molar refractivity (Wildman–Crippen MR) is 40.4 cm³/mol. The molecule has 2 N–H and O–H groups in total. The maximum atomic E-state index is 10.6. The van der Waals surface area contributed by atoms with Crippen molar-refractivity contribution in [2.45, 2.75) is 43.7 Å². The van der Waals surface area contributed by atoms with Crippen molar-refractivity contribution in [1.82, 2.24) is 5.32 Å². The van der Waals surface area contributed by atoms with Crippen LogP contribution < -0.4 is 5.32 Å². The molecule has 2 fully saturated rings. The summed E-state index contributed by atoms with van der Waals surface area (Å²) in [4.78, 5) is 10.6. The van der Waals surface area contributed by atoms with Crippen molar-refractivity contribution in [3.8, 4) is 0 Å². The van der Waals surface area contributed by atoms with Crippen LogP contribution in [-0.4, -0.2) is 22.7 Å². The van der Waals surface area contributed by atoms with Crippen LogP contribution in [0.25, 0.3) is 0 Å². The Morgan fingerprint density at radius 3 is 2.73 bits per heavy atom. The van der Waals surface area contributed by atoms with E-state index in [0.29, 0.717) is 0 Å². The Labute approximate surface area is 65.8 Å². The third-order valence-corrected chi connectivity index (χ3v) is 2.78. The van der Waals surface area contributed by atoms with E-state index < -0.39 is 5.97 Å². The van der Waals surface area contributed by atoms with Crippen LogP contribution in [0.4, 0.5) is 0 Å². The third-order valence-electron chi connectivity index (χ3n) is 2.78. The van der Waals surface area contributed by atoms with Crippen molar-refractivity contribution in [3.63, 3.8) is 0 Å². The van der Waals surface area contributed by atoms with Gasteiger partial charge in [0.15, 0.2) is 0 Å². The van der Waals surface area contributed by atoms with E-state index in [-0.39, 0.29) is 11.6 Å². The van der Waals surface area contributed by atoms with Crippen molar-refractivity contribution in [2.24, 2.45) is 0 Å². The maximum Gasteiger partial charge on any atom is 0.320 e. The van der Waals surface area contributed by atoms with E-state index in [1.807, 2.05) is 0 Å². The number of hydrogen-bond acceptors (Lipinski definition) is 2. The Morgan fingerprint density at radius 2 is 2.18 bits per heavy atom. The molecule has 2 aliphatic rings. The maximum absolute atomic E-state index is 10.6. The highest BCUT2D eigenvalue weighted by Gasteiger charge is 2.46. The van der Waals surface area contributed by atoms with E-state index in [1.54, 1.807) is 0 Å². The van der Waals surface area contributed by atoms with Crippen molar-refractivity contribution in [2.75, 3.05) is 0 Å². The van der Waals surface area contributed by atoms with Crippen molar-refractivity contribution in [1.29, 1.82) is 0 Å². The van der Waals surface area contributed by atoms with Gasteiger partial charge in [0.1, 0.15) is 6.04 Å². The van der Waals surface area contributed by atoms with Gasteiger partial charge in [-0.15, -0.1) is 0 Å². The molecule has 0 bridgehead atoms. The summed E-state index contributed by atoms with van der Waals surface area (Å²) in [6.07, 6.45) is 5.41. The molecule has 1 spiro atoms. The molecule has 0 aromatic rings. The second-order valence-corrected chi connectivity index (χ2v) is 3.71. The first kappa shape index (κ1) is 7.10. The second kappa shape index (κ2) is 2.21. The first-order valence-electron chi connectivity index (χ1n) is 4.22. The van der Waals surface area contributed by atoms with E-state index in [9.17, 15) is 4.79 Å². The van der Waals surface area contributed by atoms with Gasteiger partial charge >= 0.3 is 5.97 Å². The SMILES string of the molecule is O=C(O)C1CCCC2(CC2)N1. The number of carboxylic acid groups (broad SMARTS) is 1. The van der Waals surface area contributed by atoms with E-state index in [2.05, 4.69) is 5.32 Å². The summed E-state index contributed by atoms with van der Waals surface area (Å²) in [5.41, 5.74) is 0.251. The summed E-state index contributed by atoms with van der Waals surface area (Å²) in [6, 6.07) is -0.272. The highest BCUT2D eigenvalue weighted by atomic mass is 16.4. The average Bonchev–Trinajstić information content (AvgIpc) is 2.69. The molecule has 3 heteroatoms. The van der Waals surface area contributed by atoms with Crippen LogP contribution in [0.1, 0.15) is 32.1 Å². The zero-order chi connectivity index (χ0) is 7.90. The Hall–Kier alpha value is -0.570. The fraction of sp³-hybridized carbons (Fsp3) is 0.875. The van der Waals surface area contributed by atoms with Gasteiger partial charge in [0.25, 0.3) is 0 Å². The van der Waals surface area contributed by atoms with Gasteiger partial charge in [0, 0.05) is 5.54 Å². The van der Waals surface area contributed by atoms with Gasteiger partial charge in [-0.2, -0.15) is 0 Å². The molecule has 2 rings (SSSR count). The van der Waals surface area contributed by atoms with E-state index in [4.69, 9.17) is 5.11 Å². The lowest BCUT2D eigenvalue weighted by molar-refractivity contribution is -0.140. The molecule has 11 heavy (non-hydrogen) atoms. The molecule has 62 valence electrons. The summed E-state index contributed by atoms with van der Waals surface area (Å²) in [6.45, 7) is 0. The number of carbonyl (C=O) groups is 1. The number of piperidine rings is 1.